The predicted molar refractivity (Wildman–Crippen MR) is 39.5 cm³/mol. The molecule has 1 unspecified atom stereocenters. The number of amides is 1. The second kappa shape index (κ2) is 4.71. The lowest BCUT2D eigenvalue weighted by atomic mass is 10.1. The summed E-state index contributed by atoms with van der Waals surface area (Å²) in [5.41, 5.74) is 0. The fraction of sp³-hybridized carbons (Fsp3) is 0.714. The van der Waals surface area contributed by atoms with Crippen LogP contribution in [0.15, 0.2) is 0 Å². The third kappa shape index (κ3) is 3.02. The molecule has 11 heavy (non-hydrogen) atoms. The van der Waals surface area contributed by atoms with Gasteiger partial charge in [-0.05, 0) is 5.92 Å². The molecule has 0 aromatic heterocycles. The summed E-state index contributed by atoms with van der Waals surface area (Å²) in [7, 11) is 1.28. The first-order chi connectivity index (χ1) is 5.13. The molecular weight excluding hydrogens is 146 g/mol. The van der Waals surface area contributed by atoms with Crippen molar-refractivity contribution in [2.24, 2.45) is 5.92 Å². The molecule has 0 aliphatic rings. The van der Waals surface area contributed by atoms with Crippen molar-refractivity contribution in [2.45, 2.75) is 19.9 Å². The number of hydrogen-bond donors (Lipinski definition) is 1. The van der Waals surface area contributed by atoms with Gasteiger partial charge < -0.3 is 10.1 Å². The van der Waals surface area contributed by atoms with E-state index in [1.165, 1.54) is 13.5 Å². The number of nitrogens with one attached hydrogen (secondary N) is 1. The number of esters is 1. The van der Waals surface area contributed by atoms with Crippen LogP contribution in [0.4, 0.5) is 0 Å². The summed E-state index contributed by atoms with van der Waals surface area (Å²) in [5, 5.41) is 2.25. The minimum absolute atomic E-state index is 0.0175. The molecule has 0 saturated heterocycles. The van der Waals surface area contributed by atoms with E-state index in [9.17, 15) is 9.59 Å². The molecule has 0 fully saturated rings. The standard InChI is InChI=1S/C7H12NO3/c1-5(2)6(8-4-9)7(10)11-3/h5-6H,1-3H3,(H,8,9). The zero-order chi connectivity index (χ0) is 8.85. The van der Waals surface area contributed by atoms with Gasteiger partial charge in [-0.15, -0.1) is 0 Å². The minimum atomic E-state index is -0.586. The molecule has 1 amide bonds. The average molecular weight is 158 g/mol. The zero-order valence-corrected chi connectivity index (χ0v) is 6.88. The smallest absolute Gasteiger partial charge is 0.328 e. The first-order valence-corrected chi connectivity index (χ1v) is 3.34. The van der Waals surface area contributed by atoms with Crippen molar-refractivity contribution in [1.29, 1.82) is 0 Å². The minimum Gasteiger partial charge on any atom is -0.467 e. The van der Waals surface area contributed by atoms with Gasteiger partial charge in [-0.2, -0.15) is 0 Å². The number of ether oxygens (including phenoxy) is 1. The van der Waals surface area contributed by atoms with Gasteiger partial charge in [0, 0.05) is 0 Å². The van der Waals surface area contributed by atoms with Crippen molar-refractivity contribution >= 4 is 12.4 Å². The maximum Gasteiger partial charge on any atom is 0.328 e. The molecular formula is C7H12NO3. The molecule has 1 atom stereocenters. The highest BCUT2D eigenvalue weighted by atomic mass is 16.5. The van der Waals surface area contributed by atoms with Crippen LogP contribution in [0.1, 0.15) is 13.8 Å². The molecule has 0 aliphatic heterocycles. The fourth-order valence-electron chi connectivity index (χ4n) is 0.688. The zero-order valence-electron chi connectivity index (χ0n) is 6.88. The maximum atomic E-state index is 10.9. The molecule has 1 N–H and O–H groups in total. The van der Waals surface area contributed by atoms with E-state index in [1.54, 1.807) is 0 Å². The van der Waals surface area contributed by atoms with Crippen molar-refractivity contribution in [3.05, 3.63) is 0 Å². The maximum absolute atomic E-state index is 10.9. The van der Waals surface area contributed by atoms with Gasteiger partial charge in [-0.1, -0.05) is 13.8 Å². The van der Waals surface area contributed by atoms with E-state index >= 15 is 0 Å². The normalized spacial score (nSPS) is 12.4. The first-order valence-electron chi connectivity index (χ1n) is 3.34. The number of carbonyl (C=O) groups excluding carboxylic acids is 2. The Balaban J connectivity index is 4.08. The van der Waals surface area contributed by atoms with E-state index in [4.69, 9.17) is 0 Å². The molecule has 4 nitrogen and oxygen atoms in total. The van der Waals surface area contributed by atoms with E-state index < -0.39 is 12.0 Å². The lowest BCUT2D eigenvalue weighted by Crippen LogP contribution is -2.40. The van der Waals surface area contributed by atoms with Gasteiger partial charge in [0.25, 0.3) is 0 Å². The van der Waals surface area contributed by atoms with Gasteiger partial charge >= 0.3 is 12.4 Å². The Labute approximate surface area is 65.9 Å². The summed E-state index contributed by atoms with van der Waals surface area (Å²) in [4.78, 5) is 20.8. The quantitative estimate of drug-likeness (QED) is 0.457. The van der Waals surface area contributed by atoms with E-state index in [2.05, 4.69) is 10.1 Å². The Bertz CT molecular complexity index is 145. The Hall–Kier alpha value is -1.06. The van der Waals surface area contributed by atoms with Crippen LogP contribution in [0, 0.1) is 5.92 Å². The monoisotopic (exact) mass is 158 g/mol. The highest BCUT2D eigenvalue weighted by molar-refractivity contribution is 5.78. The van der Waals surface area contributed by atoms with E-state index in [-0.39, 0.29) is 5.92 Å². The van der Waals surface area contributed by atoms with E-state index in [0.29, 0.717) is 0 Å². The van der Waals surface area contributed by atoms with Gasteiger partial charge in [0.1, 0.15) is 6.04 Å². The second-order valence-electron chi connectivity index (χ2n) is 2.49. The molecule has 0 rings (SSSR count). The molecule has 1 radical (unpaired) electrons. The van der Waals surface area contributed by atoms with Gasteiger partial charge in [0.15, 0.2) is 0 Å². The van der Waals surface area contributed by atoms with Gasteiger partial charge in [0.05, 0.1) is 7.11 Å². The van der Waals surface area contributed by atoms with E-state index in [1.807, 2.05) is 13.8 Å². The third-order valence-electron chi connectivity index (χ3n) is 1.34. The van der Waals surface area contributed by atoms with Crippen molar-refractivity contribution in [3.8, 4) is 0 Å². The van der Waals surface area contributed by atoms with Crippen LogP contribution in [0.5, 0.6) is 0 Å². The summed E-state index contributed by atoms with van der Waals surface area (Å²) < 4.78 is 4.45. The second-order valence-corrected chi connectivity index (χ2v) is 2.49. The molecule has 0 spiro atoms. The molecule has 0 bridgehead atoms. The summed E-state index contributed by atoms with van der Waals surface area (Å²) >= 11 is 0. The molecule has 63 valence electrons. The number of rotatable bonds is 4. The van der Waals surface area contributed by atoms with Crippen LogP contribution in [-0.4, -0.2) is 25.5 Å². The van der Waals surface area contributed by atoms with Gasteiger partial charge in [-0.25, -0.2) is 4.79 Å². The highest BCUT2D eigenvalue weighted by Gasteiger charge is 2.21. The molecule has 0 aromatic rings. The topological polar surface area (TPSA) is 55.4 Å². The first kappa shape index (κ1) is 9.94. The molecule has 0 aromatic carbocycles. The number of carbonyl (C=O) groups is 1. The van der Waals surface area contributed by atoms with Crippen LogP contribution < -0.4 is 5.32 Å². The Morgan fingerprint density at radius 1 is 1.55 bits per heavy atom. The number of hydrogen-bond acceptors (Lipinski definition) is 3. The number of methoxy groups -OCH3 is 1. The fourth-order valence-corrected chi connectivity index (χ4v) is 0.688. The van der Waals surface area contributed by atoms with Crippen molar-refractivity contribution in [1.82, 2.24) is 5.32 Å². The van der Waals surface area contributed by atoms with Crippen LogP contribution in [0.25, 0.3) is 0 Å². The molecule has 0 heterocycles. The summed E-state index contributed by atoms with van der Waals surface area (Å²) in [6, 6.07) is -0.586. The average Bonchev–Trinajstić information content (AvgIpc) is 1.98. The Morgan fingerprint density at radius 3 is 2.36 bits per heavy atom. The van der Waals surface area contributed by atoms with Crippen LogP contribution in [-0.2, 0) is 14.3 Å². The van der Waals surface area contributed by atoms with Gasteiger partial charge in [0.2, 0.25) is 0 Å². The summed E-state index contributed by atoms with van der Waals surface area (Å²) in [6.07, 6.45) is 1.46. The van der Waals surface area contributed by atoms with Crippen LogP contribution >= 0.6 is 0 Å². The highest BCUT2D eigenvalue weighted by Crippen LogP contribution is 2.01. The van der Waals surface area contributed by atoms with Crippen molar-refractivity contribution in [2.75, 3.05) is 7.11 Å². The Kier molecular flexibility index (Phi) is 4.26. The predicted octanol–water partition coefficient (Wildman–Crippen LogP) is -0.159. The summed E-state index contributed by atoms with van der Waals surface area (Å²) in [6.45, 7) is 3.62. The SMILES string of the molecule is COC(=O)C(N[C]=O)C(C)C. The van der Waals surface area contributed by atoms with E-state index in [0.717, 1.165) is 0 Å². The largest absolute Gasteiger partial charge is 0.467 e. The summed E-state index contributed by atoms with van der Waals surface area (Å²) in [5.74, 6) is -0.424. The lowest BCUT2D eigenvalue weighted by molar-refractivity contribution is -0.143. The molecule has 0 saturated carbocycles. The molecule has 4 heteroatoms. The van der Waals surface area contributed by atoms with Crippen LogP contribution in [0.2, 0.25) is 0 Å². The van der Waals surface area contributed by atoms with Crippen molar-refractivity contribution < 1.29 is 14.3 Å². The molecule has 0 aliphatic carbocycles. The van der Waals surface area contributed by atoms with Crippen LogP contribution in [0.3, 0.4) is 0 Å². The third-order valence-corrected chi connectivity index (χ3v) is 1.34. The Morgan fingerprint density at radius 2 is 2.09 bits per heavy atom. The van der Waals surface area contributed by atoms with Gasteiger partial charge in [-0.3, -0.25) is 4.79 Å². The lowest BCUT2D eigenvalue weighted by Gasteiger charge is -2.15. The van der Waals surface area contributed by atoms with Crippen molar-refractivity contribution in [3.63, 3.8) is 0 Å².